The molecule has 0 saturated heterocycles. The van der Waals surface area contributed by atoms with E-state index in [9.17, 15) is 4.79 Å². The zero-order valence-electron chi connectivity index (χ0n) is 8.75. The molecule has 5 nitrogen and oxygen atoms in total. The van der Waals surface area contributed by atoms with Crippen LogP contribution in [0.1, 0.15) is 0 Å². The molecule has 0 aliphatic rings. The summed E-state index contributed by atoms with van der Waals surface area (Å²) in [5.74, 6) is 0. The van der Waals surface area contributed by atoms with Crippen LogP contribution in [-0.2, 0) is 0 Å². The number of nitriles is 1. The van der Waals surface area contributed by atoms with Gasteiger partial charge in [0.15, 0.2) is 5.13 Å². The van der Waals surface area contributed by atoms with Crippen LogP contribution in [0.5, 0.6) is 0 Å². The average molecular weight is 265 g/mol. The molecule has 0 fully saturated rings. The van der Waals surface area contributed by atoms with Gasteiger partial charge in [0.25, 0.3) is 0 Å². The lowest BCUT2D eigenvalue weighted by Gasteiger charge is -2.06. The van der Waals surface area contributed by atoms with E-state index in [0.717, 1.165) is 31.8 Å². The summed E-state index contributed by atoms with van der Waals surface area (Å²) in [5, 5.41) is 19.8. The summed E-state index contributed by atoms with van der Waals surface area (Å²) >= 11 is 2.35. The van der Waals surface area contributed by atoms with Gasteiger partial charge >= 0.3 is 6.09 Å². The van der Waals surface area contributed by atoms with Crippen LogP contribution >= 0.6 is 23.1 Å². The van der Waals surface area contributed by atoms with Crippen molar-refractivity contribution >= 4 is 44.5 Å². The molecule has 0 spiro atoms. The number of rotatable bonds is 2. The summed E-state index contributed by atoms with van der Waals surface area (Å²) in [4.78, 5) is 16.9. The number of hydrogen-bond donors (Lipinski definition) is 1. The Hall–Kier alpha value is -1.78. The number of anilines is 1. The smallest absolute Gasteiger partial charge is 0.413 e. The maximum absolute atomic E-state index is 10.8. The maximum atomic E-state index is 10.8. The Morgan fingerprint density at radius 2 is 2.41 bits per heavy atom. The van der Waals surface area contributed by atoms with Gasteiger partial charge in [-0.3, -0.25) is 4.90 Å². The zero-order valence-corrected chi connectivity index (χ0v) is 10.4. The van der Waals surface area contributed by atoms with E-state index in [4.69, 9.17) is 10.4 Å². The van der Waals surface area contributed by atoms with Crippen molar-refractivity contribution in [2.24, 2.45) is 0 Å². The van der Waals surface area contributed by atoms with Gasteiger partial charge in [-0.25, -0.2) is 9.78 Å². The minimum Gasteiger partial charge on any atom is -0.465 e. The van der Waals surface area contributed by atoms with E-state index >= 15 is 0 Å². The molecule has 0 unspecified atom stereocenters. The van der Waals surface area contributed by atoms with Crippen molar-refractivity contribution < 1.29 is 9.90 Å². The van der Waals surface area contributed by atoms with Crippen LogP contribution in [0.2, 0.25) is 0 Å². The number of thioether (sulfide) groups is 1. The number of hydrogen-bond acceptors (Lipinski definition) is 5. The van der Waals surface area contributed by atoms with Gasteiger partial charge in [-0.15, -0.1) is 0 Å². The molecule has 7 heteroatoms. The summed E-state index contributed by atoms with van der Waals surface area (Å²) < 4.78 is 0.869. The van der Waals surface area contributed by atoms with E-state index in [1.54, 1.807) is 12.1 Å². The summed E-state index contributed by atoms with van der Waals surface area (Å²) in [6.45, 7) is 0. The first kappa shape index (κ1) is 11.7. The van der Waals surface area contributed by atoms with Crippen molar-refractivity contribution in [1.29, 1.82) is 5.26 Å². The van der Waals surface area contributed by atoms with Gasteiger partial charge in [0.05, 0.1) is 10.2 Å². The largest absolute Gasteiger partial charge is 0.465 e. The summed E-state index contributed by atoms with van der Waals surface area (Å²) in [6.07, 6.45) is -1.05. The summed E-state index contributed by atoms with van der Waals surface area (Å²) in [5.41, 5.74) is 0.736. The number of amides is 1. The minimum absolute atomic E-state index is 0.423. The molecular weight excluding hydrogens is 258 g/mol. The van der Waals surface area contributed by atoms with E-state index in [1.807, 2.05) is 11.5 Å². The fourth-order valence-electron chi connectivity index (χ4n) is 1.23. The van der Waals surface area contributed by atoms with Gasteiger partial charge in [0.2, 0.25) is 0 Å². The lowest BCUT2D eigenvalue weighted by atomic mass is 10.3. The van der Waals surface area contributed by atoms with E-state index in [2.05, 4.69) is 4.98 Å². The van der Waals surface area contributed by atoms with E-state index < -0.39 is 6.09 Å². The first-order chi connectivity index (χ1) is 8.11. The van der Waals surface area contributed by atoms with Crippen molar-refractivity contribution in [1.82, 2.24) is 4.98 Å². The highest BCUT2D eigenvalue weighted by atomic mass is 32.2. The molecule has 0 atom stereocenters. The van der Waals surface area contributed by atoms with Crippen molar-refractivity contribution in [2.45, 2.75) is 4.90 Å². The Morgan fingerprint density at radius 1 is 1.65 bits per heavy atom. The third-order valence-electron chi connectivity index (χ3n) is 2.09. The van der Waals surface area contributed by atoms with Crippen molar-refractivity contribution in [3.8, 4) is 5.40 Å². The number of nitrogens with zero attached hydrogens (tertiary/aromatic N) is 3. The van der Waals surface area contributed by atoms with Crippen LogP contribution in [0.4, 0.5) is 9.93 Å². The first-order valence-corrected chi connectivity index (χ1v) is 6.18. The molecular formula is C10H7N3O2S2. The molecule has 0 aliphatic carbocycles. The molecule has 1 aromatic carbocycles. The fraction of sp³-hybridized carbons (Fsp3) is 0.100. The normalized spacial score (nSPS) is 10.1. The lowest BCUT2D eigenvalue weighted by molar-refractivity contribution is 0.203. The Kier molecular flexibility index (Phi) is 3.17. The molecule has 2 aromatic rings. The van der Waals surface area contributed by atoms with Gasteiger partial charge in [-0.05, 0) is 30.0 Å². The van der Waals surface area contributed by atoms with Crippen LogP contribution in [0.15, 0.2) is 23.1 Å². The Bertz CT molecular complexity index is 618. The van der Waals surface area contributed by atoms with Crippen LogP contribution in [0, 0.1) is 10.7 Å². The number of fused-ring (bicyclic) bond motifs is 1. The molecule has 86 valence electrons. The average Bonchev–Trinajstić information content (AvgIpc) is 2.71. The molecule has 1 heterocycles. The van der Waals surface area contributed by atoms with Crippen LogP contribution < -0.4 is 4.90 Å². The second-order valence-corrected chi connectivity index (χ2v) is 5.03. The van der Waals surface area contributed by atoms with Gasteiger partial charge in [0.1, 0.15) is 5.40 Å². The number of aromatic nitrogens is 1. The molecule has 0 aliphatic heterocycles. The summed E-state index contributed by atoms with van der Waals surface area (Å²) in [7, 11) is 1.45. The number of thiazole rings is 1. The fourth-order valence-corrected chi connectivity index (χ4v) is 2.69. The molecule has 0 radical (unpaired) electrons. The third-order valence-corrected chi connectivity index (χ3v) is 3.76. The molecule has 1 N–H and O–H groups in total. The number of benzene rings is 1. The zero-order chi connectivity index (χ0) is 12.4. The predicted molar refractivity (Wildman–Crippen MR) is 67.5 cm³/mol. The van der Waals surface area contributed by atoms with Crippen molar-refractivity contribution in [2.75, 3.05) is 11.9 Å². The Labute approximate surface area is 105 Å². The topological polar surface area (TPSA) is 77.2 Å². The van der Waals surface area contributed by atoms with Crippen molar-refractivity contribution in [3.05, 3.63) is 18.2 Å². The minimum atomic E-state index is -1.05. The number of carbonyl (C=O) groups is 1. The first-order valence-electron chi connectivity index (χ1n) is 4.55. The number of carboxylic acid groups (broad SMARTS) is 1. The highest BCUT2D eigenvalue weighted by molar-refractivity contribution is 8.03. The van der Waals surface area contributed by atoms with Gasteiger partial charge < -0.3 is 5.11 Å². The standard InChI is InChI=1S/C10H7N3O2S2/c1-13(10(14)15)9-12-7-3-2-6(16-5-11)4-8(7)17-9/h2-4H,1H3,(H,14,15). The second kappa shape index (κ2) is 4.61. The Morgan fingerprint density at radius 3 is 3.06 bits per heavy atom. The predicted octanol–water partition coefficient (Wildman–Crippen LogP) is 2.98. The SMILES string of the molecule is CN(C(=O)O)c1nc2ccc(SC#N)cc2s1. The van der Waals surface area contributed by atoms with E-state index in [1.165, 1.54) is 18.4 Å². The molecule has 1 aromatic heterocycles. The molecule has 0 bridgehead atoms. The highest BCUT2D eigenvalue weighted by Crippen LogP contribution is 2.31. The lowest BCUT2D eigenvalue weighted by Crippen LogP contribution is -2.23. The van der Waals surface area contributed by atoms with Gasteiger partial charge in [-0.1, -0.05) is 11.3 Å². The maximum Gasteiger partial charge on any atom is 0.413 e. The van der Waals surface area contributed by atoms with Crippen LogP contribution in [0.3, 0.4) is 0 Å². The van der Waals surface area contributed by atoms with Crippen molar-refractivity contribution in [3.63, 3.8) is 0 Å². The molecule has 0 saturated carbocycles. The number of thiocyanates is 1. The quantitative estimate of drug-likeness (QED) is 0.667. The molecule has 2 rings (SSSR count). The summed E-state index contributed by atoms with van der Waals surface area (Å²) in [6, 6.07) is 5.41. The molecule has 1 amide bonds. The van der Waals surface area contributed by atoms with Gasteiger partial charge in [0, 0.05) is 11.9 Å². The molecule has 17 heavy (non-hydrogen) atoms. The van der Waals surface area contributed by atoms with Crippen LogP contribution in [0.25, 0.3) is 10.2 Å². The highest BCUT2D eigenvalue weighted by Gasteiger charge is 2.13. The monoisotopic (exact) mass is 265 g/mol. The second-order valence-electron chi connectivity index (χ2n) is 3.16. The van der Waals surface area contributed by atoms with E-state index in [0.29, 0.717) is 5.13 Å². The third kappa shape index (κ3) is 2.33. The van der Waals surface area contributed by atoms with E-state index in [-0.39, 0.29) is 0 Å². The Balaban J connectivity index is 2.44. The van der Waals surface area contributed by atoms with Crippen LogP contribution in [-0.4, -0.2) is 23.2 Å². The van der Waals surface area contributed by atoms with Gasteiger partial charge in [-0.2, -0.15) is 5.26 Å².